The van der Waals surface area contributed by atoms with E-state index >= 15 is 0 Å². The van der Waals surface area contributed by atoms with Gasteiger partial charge in [0.2, 0.25) is 0 Å². The molecule has 1 aromatic rings. The molecule has 0 radical (unpaired) electrons. The van der Waals surface area contributed by atoms with Gasteiger partial charge in [0, 0.05) is 25.1 Å². The van der Waals surface area contributed by atoms with Crippen molar-refractivity contribution in [3.05, 3.63) is 29.8 Å². The van der Waals surface area contributed by atoms with E-state index in [1.165, 1.54) is 5.56 Å². The van der Waals surface area contributed by atoms with Crippen LogP contribution in [0.5, 0.6) is 5.75 Å². The van der Waals surface area contributed by atoms with E-state index in [4.69, 9.17) is 4.74 Å². The van der Waals surface area contributed by atoms with E-state index in [0.717, 1.165) is 31.7 Å². The van der Waals surface area contributed by atoms with E-state index in [1.54, 1.807) is 0 Å². The molecule has 0 amide bonds. The van der Waals surface area contributed by atoms with Gasteiger partial charge in [-0.05, 0) is 44.4 Å². The number of ether oxygens (including phenoxy) is 1. The number of nitrogens with one attached hydrogen (secondary N) is 1. The highest BCUT2D eigenvalue weighted by Crippen LogP contribution is 2.44. The molecule has 0 atom stereocenters. The average Bonchev–Trinajstić information content (AvgIpc) is 3.11. The normalized spacial score (nSPS) is 16.9. The molecule has 0 unspecified atom stereocenters. The first kappa shape index (κ1) is 13.4. The Kier molecular flexibility index (Phi) is 4.25. The van der Waals surface area contributed by atoms with Crippen LogP contribution in [0.25, 0.3) is 0 Å². The van der Waals surface area contributed by atoms with E-state index in [-0.39, 0.29) is 11.5 Å². The van der Waals surface area contributed by atoms with Crippen molar-refractivity contribution in [2.24, 2.45) is 5.41 Å². The van der Waals surface area contributed by atoms with Crippen LogP contribution in [0.2, 0.25) is 0 Å². The Morgan fingerprint density at radius 1 is 1.28 bits per heavy atom. The van der Waals surface area contributed by atoms with Gasteiger partial charge >= 0.3 is 0 Å². The number of benzene rings is 1. The lowest BCUT2D eigenvalue weighted by molar-refractivity contribution is 0.207. The monoisotopic (exact) mass is 249 g/mol. The fourth-order valence-electron chi connectivity index (χ4n) is 2.00. The molecule has 3 nitrogen and oxygen atoms in total. The van der Waals surface area contributed by atoms with Gasteiger partial charge in [-0.3, -0.25) is 0 Å². The van der Waals surface area contributed by atoms with Gasteiger partial charge in [-0.2, -0.15) is 0 Å². The van der Waals surface area contributed by atoms with Crippen molar-refractivity contribution >= 4 is 0 Å². The van der Waals surface area contributed by atoms with E-state index in [1.807, 2.05) is 26.0 Å². The van der Waals surface area contributed by atoms with Gasteiger partial charge in [0.25, 0.3) is 0 Å². The first-order valence-electron chi connectivity index (χ1n) is 6.71. The van der Waals surface area contributed by atoms with Crippen LogP contribution in [0.3, 0.4) is 0 Å². The molecule has 0 bridgehead atoms. The van der Waals surface area contributed by atoms with Crippen LogP contribution >= 0.6 is 0 Å². The molecule has 2 rings (SSSR count). The number of rotatable bonds is 7. The molecule has 1 aliphatic carbocycles. The number of hydrogen-bond acceptors (Lipinski definition) is 3. The zero-order valence-electron chi connectivity index (χ0n) is 11.3. The molecule has 0 spiro atoms. The Hall–Kier alpha value is -1.06. The van der Waals surface area contributed by atoms with E-state index in [9.17, 15) is 5.11 Å². The summed E-state index contributed by atoms with van der Waals surface area (Å²) >= 11 is 0. The third-order valence-electron chi connectivity index (χ3n) is 3.42. The third kappa shape index (κ3) is 3.72. The molecule has 1 aromatic carbocycles. The van der Waals surface area contributed by atoms with E-state index in [0.29, 0.717) is 6.61 Å². The zero-order valence-corrected chi connectivity index (χ0v) is 11.3. The maximum Gasteiger partial charge on any atom is 0.119 e. The van der Waals surface area contributed by atoms with Crippen LogP contribution in [-0.4, -0.2) is 24.4 Å². The van der Waals surface area contributed by atoms with Crippen molar-refractivity contribution in [3.8, 4) is 5.75 Å². The Morgan fingerprint density at radius 2 is 1.94 bits per heavy atom. The van der Waals surface area contributed by atoms with Crippen LogP contribution in [0.4, 0.5) is 0 Å². The second-order valence-corrected chi connectivity index (χ2v) is 5.57. The van der Waals surface area contributed by atoms with Gasteiger partial charge in [0.15, 0.2) is 0 Å². The maximum absolute atomic E-state index is 9.22. The van der Waals surface area contributed by atoms with Gasteiger partial charge in [0.1, 0.15) is 5.75 Å². The molecular formula is C15H23NO2. The highest BCUT2D eigenvalue weighted by molar-refractivity contribution is 5.27. The van der Waals surface area contributed by atoms with E-state index in [2.05, 4.69) is 17.4 Å². The predicted molar refractivity (Wildman–Crippen MR) is 72.7 cm³/mol. The number of aliphatic hydroxyl groups is 1. The molecule has 1 saturated carbocycles. The van der Waals surface area contributed by atoms with Crippen molar-refractivity contribution < 1.29 is 9.84 Å². The van der Waals surface area contributed by atoms with Gasteiger partial charge in [-0.1, -0.05) is 12.1 Å². The van der Waals surface area contributed by atoms with Gasteiger partial charge in [-0.15, -0.1) is 0 Å². The van der Waals surface area contributed by atoms with Crippen molar-refractivity contribution in [1.82, 2.24) is 5.32 Å². The van der Waals surface area contributed by atoms with E-state index < -0.39 is 0 Å². The Bertz CT molecular complexity index is 369. The number of aliphatic hydroxyl groups excluding tert-OH is 1. The first-order valence-corrected chi connectivity index (χ1v) is 6.71. The Morgan fingerprint density at radius 3 is 2.44 bits per heavy atom. The molecular weight excluding hydrogens is 226 g/mol. The van der Waals surface area contributed by atoms with Crippen molar-refractivity contribution in [2.75, 3.05) is 13.2 Å². The van der Waals surface area contributed by atoms with Gasteiger partial charge in [0.05, 0.1) is 6.10 Å². The predicted octanol–water partition coefficient (Wildman–Crippen LogP) is 2.34. The SMILES string of the molecule is CC(C)Oc1ccc(CNCC2(CO)CC2)cc1. The molecule has 100 valence electrons. The number of hydrogen-bond donors (Lipinski definition) is 2. The minimum absolute atomic E-state index is 0.181. The Labute approximate surface area is 109 Å². The fraction of sp³-hybridized carbons (Fsp3) is 0.600. The third-order valence-corrected chi connectivity index (χ3v) is 3.42. The summed E-state index contributed by atoms with van der Waals surface area (Å²) in [6.07, 6.45) is 2.52. The van der Waals surface area contributed by atoms with Crippen molar-refractivity contribution in [1.29, 1.82) is 0 Å². The summed E-state index contributed by atoms with van der Waals surface area (Å²) in [5, 5.41) is 12.6. The molecule has 0 saturated heterocycles. The molecule has 3 heteroatoms. The fourth-order valence-corrected chi connectivity index (χ4v) is 2.00. The average molecular weight is 249 g/mol. The van der Waals surface area contributed by atoms with Crippen LogP contribution in [0.1, 0.15) is 32.3 Å². The summed E-state index contributed by atoms with van der Waals surface area (Å²) in [5.74, 6) is 0.919. The summed E-state index contributed by atoms with van der Waals surface area (Å²) in [6, 6.07) is 8.19. The summed E-state index contributed by atoms with van der Waals surface area (Å²) < 4.78 is 5.60. The summed E-state index contributed by atoms with van der Waals surface area (Å²) in [6.45, 7) is 6.12. The molecule has 1 aliphatic rings. The second kappa shape index (κ2) is 5.72. The smallest absolute Gasteiger partial charge is 0.119 e. The highest BCUT2D eigenvalue weighted by atomic mass is 16.5. The van der Waals surface area contributed by atoms with Crippen LogP contribution in [-0.2, 0) is 6.54 Å². The molecule has 0 heterocycles. The quantitative estimate of drug-likeness (QED) is 0.779. The Balaban J connectivity index is 1.76. The largest absolute Gasteiger partial charge is 0.491 e. The molecule has 2 N–H and O–H groups in total. The minimum Gasteiger partial charge on any atom is -0.491 e. The van der Waals surface area contributed by atoms with Crippen molar-refractivity contribution in [3.63, 3.8) is 0 Å². The maximum atomic E-state index is 9.22. The molecule has 1 fully saturated rings. The van der Waals surface area contributed by atoms with Crippen molar-refractivity contribution in [2.45, 2.75) is 39.3 Å². The van der Waals surface area contributed by atoms with Crippen LogP contribution in [0, 0.1) is 5.41 Å². The zero-order chi connectivity index (χ0) is 13.0. The highest BCUT2D eigenvalue weighted by Gasteiger charge is 2.41. The van der Waals surface area contributed by atoms with Gasteiger partial charge < -0.3 is 15.2 Å². The standard InChI is InChI=1S/C15H23NO2/c1-12(2)18-14-5-3-13(4-6-14)9-16-10-15(11-17)7-8-15/h3-6,12,16-17H,7-11H2,1-2H3. The first-order chi connectivity index (χ1) is 8.63. The van der Waals surface area contributed by atoms with Crippen LogP contribution < -0.4 is 10.1 Å². The van der Waals surface area contributed by atoms with Gasteiger partial charge in [-0.25, -0.2) is 0 Å². The summed E-state index contributed by atoms with van der Waals surface area (Å²) in [5.41, 5.74) is 1.43. The summed E-state index contributed by atoms with van der Waals surface area (Å²) in [4.78, 5) is 0. The summed E-state index contributed by atoms with van der Waals surface area (Å²) in [7, 11) is 0. The topological polar surface area (TPSA) is 41.5 Å². The van der Waals surface area contributed by atoms with Crippen LogP contribution in [0.15, 0.2) is 24.3 Å². The lowest BCUT2D eigenvalue weighted by atomic mass is 10.1. The lowest BCUT2D eigenvalue weighted by Gasteiger charge is -2.13. The molecule has 0 aliphatic heterocycles. The lowest BCUT2D eigenvalue weighted by Crippen LogP contribution is -2.26. The molecule has 18 heavy (non-hydrogen) atoms. The second-order valence-electron chi connectivity index (χ2n) is 5.57. The molecule has 0 aromatic heterocycles. The minimum atomic E-state index is 0.181.